The number of ether oxygens (including phenoxy) is 2. The van der Waals surface area contributed by atoms with E-state index >= 15 is 0 Å². The maximum atomic E-state index is 12.5. The van der Waals surface area contributed by atoms with Crippen molar-refractivity contribution in [1.82, 2.24) is 4.98 Å². The minimum atomic E-state index is -0.189. The van der Waals surface area contributed by atoms with Gasteiger partial charge in [-0.3, -0.25) is 4.79 Å². The van der Waals surface area contributed by atoms with Gasteiger partial charge in [0.1, 0.15) is 5.82 Å². The van der Waals surface area contributed by atoms with E-state index in [1.54, 1.807) is 24.4 Å². The summed E-state index contributed by atoms with van der Waals surface area (Å²) in [6, 6.07) is 9.09. The molecule has 2 aromatic rings. The van der Waals surface area contributed by atoms with Gasteiger partial charge in [-0.2, -0.15) is 0 Å². The third kappa shape index (κ3) is 3.52. The molecule has 0 spiro atoms. The molecule has 1 amide bonds. The van der Waals surface area contributed by atoms with Gasteiger partial charge in [0, 0.05) is 25.1 Å². The summed E-state index contributed by atoms with van der Waals surface area (Å²) >= 11 is 0. The quantitative estimate of drug-likeness (QED) is 0.931. The zero-order chi connectivity index (χ0) is 17.1. The molecule has 0 unspecified atom stereocenters. The molecule has 1 N–H and O–H groups in total. The fourth-order valence-electron chi connectivity index (χ4n) is 3.10. The van der Waals surface area contributed by atoms with Crippen LogP contribution in [0.3, 0.4) is 0 Å². The smallest absolute Gasteiger partial charge is 0.255 e. The van der Waals surface area contributed by atoms with Crippen LogP contribution in [0.4, 0.5) is 11.5 Å². The van der Waals surface area contributed by atoms with Crippen LogP contribution in [-0.4, -0.2) is 37.2 Å². The first-order valence-electron chi connectivity index (χ1n) is 8.71. The van der Waals surface area contributed by atoms with Gasteiger partial charge in [0.2, 0.25) is 0 Å². The van der Waals surface area contributed by atoms with Gasteiger partial charge in [-0.15, -0.1) is 0 Å². The maximum absolute atomic E-state index is 12.5. The van der Waals surface area contributed by atoms with Gasteiger partial charge in [0.25, 0.3) is 5.91 Å². The standard InChI is InChI=1S/C19H21N3O3/c23-19(14-4-6-16-17(12-14)25-11-3-10-24-16)21-15-5-7-18(20-13-15)22-8-1-2-9-22/h4-7,12-13H,1-3,8-11H2,(H,21,23). The van der Waals surface area contributed by atoms with Crippen LogP contribution in [0, 0.1) is 0 Å². The lowest BCUT2D eigenvalue weighted by molar-refractivity contribution is 0.102. The molecule has 0 atom stereocenters. The zero-order valence-electron chi connectivity index (χ0n) is 14.0. The van der Waals surface area contributed by atoms with Crippen LogP contribution in [0.15, 0.2) is 36.5 Å². The van der Waals surface area contributed by atoms with Crippen molar-refractivity contribution in [2.45, 2.75) is 19.3 Å². The topological polar surface area (TPSA) is 63.7 Å². The summed E-state index contributed by atoms with van der Waals surface area (Å²) in [6.45, 7) is 3.33. The normalized spacial score (nSPS) is 16.4. The molecular formula is C19H21N3O3. The van der Waals surface area contributed by atoms with Crippen LogP contribution in [0.5, 0.6) is 11.5 Å². The lowest BCUT2D eigenvalue weighted by Gasteiger charge is -2.16. The van der Waals surface area contributed by atoms with Crippen molar-refractivity contribution in [1.29, 1.82) is 0 Å². The molecule has 2 aliphatic rings. The van der Waals surface area contributed by atoms with Gasteiger partial charge in [-0.05, 0) is 43.2 Å². The third-order valence-electron chi connectivity index (χ3n) is 4.45. The van der Waals surface area contributed by atoms with Crippen LogP contribution in [-0.2, 0) is 0 Å². The molecule has 0 saturated carbocycles. The second kappa shape index (κ2) is 7.01. The first kappa shape index (κ1) is 15.7. The number of aromatic nitrogens is 1. The first-order valence-corrected chi connectivity index (χ1v) is 8.71. The monoisotopic (exact) mass is 339 g/mol. The van der Waals surface area contributed by atoms with E-state index in [9.17, 15) is 4.79 Å². The Balaban J connectivity index is 1.45. The third-order valence-corrected chi connectivity index (χ3v) is 4.45. The minimum Gasteiger partial charge on any atom is -0.490 e. The van der Waals surface area contributed by atoms with Crippen LogP contribution >= 0.6 is 0 Å². The molecule has 25 heavy (non-hydrogen) atoms. The summed E-state index contributed by atoms with van der Waals surface area (Å²) in [6.07, 6.45) is 4.97. The number of hydrogen-bond acceptors (Lipinski definition) is 5. The van der Waals surface area contributed by atoms with Gasteiger partial charge in [-0.25, -0.2) is 4.98 Å². The van der Waals surface area contributed by atoms with E-state index in [2.05, 4.69) is 15.2 Å². The van der Waals surface area contributed by atoms with E-state index in [-0.39, 0.29) is 5.91 Å². The minimum absolute atomic E-state index is 0.189. The second-order valence-corrected chi connectivity index (χ2v) is 6.27. The number of benzene rings is 1. The Labute approximate surface area is 146 Å². The Morgan fingerprint density at radius 1 is 1.00 bits per heavy atom. The average molecular weight is 339 g/mol. The summed E-state index contributed by atoms with van der Waals surface area (Å²) < 4.78 is 11.2. The van der Waals surface area contributed by atoms with Crippen molar-refractivity contribution < 1.29 is 14.3 Å². The summed E-state index contributed by atoms with van der Waals surface area (Å²) in [7, 11) is 0. The number of hydrogen-bond donors (Lipinski definition) is 1. The Bertz CT molecular complexity index is 755. The summed E-state index contributed by atoms with van der Waals surface area (Å²) in [5.74, 6) is 2.08. The van der Waals surface area contributed by atoms with E-state index in [4.69, 9.17) is 9.47 Å². The summed E-state index contributed by atoms with van der Waals surface area (Å²) in [5.41, 5.74) is 1.22. The predicted octanol–water partition coefficient (Wildman–Crippen LogP) is 3.10. The van der Waals surface area contributed by atoms with Crippen molar-refractivity contribution in [3.63, 3.8) is 0 Å². The highest BCUT2D eigenvalue weighted by Crippen LogP contribution is 2.30. The van der Waals surface area contributed by atoms with E-state index in [0.717, 1.165) is 25.3 Å². The molecule has 2 aliphatic heterocycles. The number of amides is 1. The number of nitrogens with zero attached hydrogens (tertiary/aromatic N) is 2. The molecule has 1 fully saturated rings. The molecule has 1 saturated heterocycles. The molecule has 4 rings (SSSR count). The van der Waals surface area contributed by atoms with E-state index < -0.39 is 0 Å². The number of nitrogens with one attached hydrogen (secondary N) is 1. The fraction of sp³-hybridized carbons (Fsp3) is 0.368. The highest BCUT2D eigenvalue weighted by atomic mass is 16.5. The average Bonchev–Trinajstić information content (AvgIpc) is 3.07. The van der Waals surface area contributed by atoms with Crippen molar-refractivity contribution in [3.8, 4) is 11.5 Å². The molecule has 6 heteroatoms. The number of pyridine rings is 1. The number of anilines is 2. The zero-order valence-corrected chi connectivity index (χ0v) is 14.0. The Kier molecular flexibility index (Phi) is 4.41. The maximum Gasteiger partial charge on any atom is 0.255 e. The molecule has 1 aromatic heterocycles. The van der Waals surface area contributed by atoms with E-state index in [0.29, 0.717) is 36.0 Å². The number of rotatable bonds is 3. The molecule has 6 nitrogen and oxygen atoms in total. The lowest BCUT2D eigenvalue weighted by atomic mass is 10.2. The van der Waals surface area contributed by atoms with Crippen LogP contribution < -0.4 is 19.7 Å². The van der Waals surface area contributed by atoms with Gasteiger partial charge in [0.05, 0.1) is 25.1 Å². The van der Waals surface area contributed by atoms with Crippen molar-refractivity contribution in [3.05, 3.63) is 42.1 Å². The first-order chi connectivity index (χ1) is 12.3. The Hall–Kier alpha value is -2.76. The van der Waals surface area contributed by atoms with Crippen molar-refractivity contribution >= 4 is 17.4 Å². The molecular weight excluding hydrogens is 318 g/mol. The molecule has 3 heterocycles. The van der Waals surface area contributed by atoms with Gasteiger partial charge in [-0.1, -0.05) is 0 Å². The van der Waals surface area contributed by atoms with E-state index in [1.807, 2.05) is 12.1 Å². The second-order valence-electron chi connectivity index (χ2n) is 6.27. The summed E-state index contributed by atoms with van der Waals surface area (Å²) in [5, 5.41) is 2.88. The van der Waals surface area contributed by atoms with Gasteiger partial charge < -0.3 is 19.7 Å². The van der Waals surface area contributed by atoms with Crippen molar-refractivity contribution in [2.24, 2.45) is 0 Å². The van der Waals surface area contributed by atoms with Crippen molar-refractivity contribution in [2.75, 3.05) is 36.5 Å². The molecule has 1 aromatic carbocycles. The van der Waals surface area contributed by atoms with Crippen LogP contribution in [0.1, 0.15) is 29.6 Å². The molecule has 0 radical (unpaired) electrons. The van der Waals surface area contributed by atoms with Gasteiger partial charge in [0.15, 0.2) is 11.5 Å². The molecule has 0 aliphatic carbocycles. The highest BCUT2D eigenvalue weighted by molar-refractivity contribution is 6.04. The lowest BCUT2D eigenvalue weighted by Crippen LogP contribution is -2.19. The number of carbonyl (C=O) groups excluding carboxylic acids is 1. The Morgan fingerprint density at radius 2 is 1.80 bits per heavy atom. The van der Waals surface area contributed by atoms with Crippen LogP contribution in [0.25, 0.3) is 0 Å². The summed E-state index contributed by atoms with van der Waals surface area (Å²) in [4.78, 5) is 19.2. The largest absolute Gasteiger partial charge is 0.490 e. The molecule has 130 valence electrons. The molecule has 0 bridgehead atoms. The number of fused-ring (bicyclic) bond motifs is 1. The van der Waals surface area contributed by atoms with Gasteiger partial charge >= 0.3 is 0 Å². The number of carbonyl (C=O) groups is 1. The van der Waals surface area contributed by atoms with E-state index in [1.165, 1.54) is 12.8 Å². The predicted molar refractivity (Wildman–Crippen MR) is 95.7 cm³/mol. The Morgan fingerprint density at radius 3 is 2.56 bits per heavy atom. The SMILES string of the molecule is O=C(Nc1ccc(N2CCCC2)nc1)c1ccc2c(c1)OCCCO2. The van der Waals surface area contributed by atoms with Crippen LogP contribution in [0.2, 0.25) is 0 Å². The fourth-order valence-corrected chi connectivity index (χ4v) is 3.10. The highest BCUT2D eigenvalue weighted by Gasteiger charge is 2.16.